The number of hydrogen-bond donors (Lipinski definition) is 2. The van der Waals surface area contributed by atoms with E-state index in [1.807, 2.05) is 66.2 Å². The lowest BCUT2D eigenvalue weighted by Gasteiger charge is -2.29. The van der Waals surface area contributed by atoms with Crippen LogP contribution in [0.3, 0.4) is 0 Å². The number of hydrogen-bond acceptors (Lipinski definition) is 8. The first kappa shape index (κ1) is 27.2. The molecular formula is C29H36N6O3. The van der Waals surface area contributed by atoms with Crippen molar-refractivity contribution < 1.29 is 14.6 Å². The van der Waals surface area contributed by atoms with E-state index in [1.54, 1.807) is 0 Å². The number of aliphatic hydroxyl groups excluding tert-OH is 1. The van der Waals surface area contributed by atoms with Crippen LogP contribution in [0, 0.1) is 0 Å². The summed E-state index contributed by atoms with van der Waals surface area (Å²) in [6.07, 6.45) is 6.16. The molecule has 1 aliphatic rings. The minimum atomic E-state index is -0.727. The number of aromatic nitrogens is 4. The summed E-state index contributed by atoms with van der Waals surface area (Å²) in [5, 5.41) is 14.4. The highest BCUT2D eigenvalue weighted by atomic mass is 16.5. The third-order valence-corrected chi connectivity index (χ3v) is 6.58. The van der Waals surface area contributed by atoms with E-state index in [2.05, 4.69) is 21.9 Å². The molecule has 1 aliphatic heterocycles. The van der Waals surface area contributed by atoms with Crippen molar-refractivity contribution in [1.29, 1.82) is 0 Å². The summed E-state index contributed by atoms with van der Waals surface area (Å²) in [5.41, 5.74) is 8.82. The van der Waals surface area contributed by atoms with Crippen LogP contribution in [0.1, 0.15) is 45.1 Å². The number of nitrogens with zero attached hydrogens (tertiary/aromatic N) is 5. The maximum atomic E-state index is 9.76. The molecule has 2 aromatic heterocycles. The zero-order valence-electron chi connectivity index (χ0n) is 22.0. The number of likely N-dealkylation sites (N-methyl/N-ethyl adjacent to an activating group) is 1. The van der Waals surface area contributed by atoms with Crippen LogP contribution in [-0.4, -0.2) is 62.3 Å². The Morgan fingerprint density at radius 2 is 1.87 bits per heavy atom. The number of rotatable bonds is 8. The van der Waals surface area contributed by atoms with Gasteiger partial charge in [0.25, 0.3) is 0 Å². The molecule has 9 nitrogen and oxygen atoms in total. The molecule has 2 unspecified atom stereocenters. The minimum Gasteiger partial charge on any atom is -0.457 e. The molecule has 38 heavy (non-hydrogen) atoms. The van der Waals surface area contributed by atoms with Gasteiger partial charge in [0, 0.05) is 12.1 Å². The highest BCUT2D eigenvalue weighted by molar-refractivity contribution is 5.98. The van der Waals surface area contributed by atoms with Gasteiger partial charge < -0.3 is 25.3 Å². The molecule has 2 atom stereocenters. The SMILES string of the molecule is CCCCC(O)C=O.CN1CCCC(n2nc(-c3ccc(Oc4ccccc4)cc3)c3c(N)ncnc32)C1. The molecule has 0 aliphatic carbocycles. The number of unbranched alkanes of at least 4 members (excludes halogenated alkanes) is 1. The molecule has 1 fully saturated rings. The molecule has 0 saturated carbocycles. The van der Waals surface area contributed by atoms with E-state index in [4.69, 9.17) is 20.7 Å². The number of aldehydes is 1. The Balaban J connectivity index is 0.000000368. The second kappa shape index (κ2) is 13.1. The predicted molar refractivity (Wildman–Crippen MR) is 149 cm³/mol. The van der Waals surface area contributed by atoms with Crippen LogP contribution in [0.2, 0.25) is 0 Å². The van der Waals surface area contributed by atoms with Crippen molar-refractivity contribution in [2.24, 2.45) is 0 Å². The minimum absolute atomic E-state index is 0.273. The van der Waals surface area contributed by atoms with Gasteiger partial charge in [-0.3, -0.25) is 0 Å². The van der Waals surface area contributed by atoms with Gasteiger partial charge in [0.05, 0.1) is 11.4 Å². The largest absolute Gasteiger partial charge is 0.457 e. The normalized spacial score (nSPS) is 16.4. The van der Waals surface area contributed by atoms with Gasteiger partial charge in [0.1, 0.15) is 41.7 Å². The second-order valence-corrected chi connectivity index (χ2v) is 9.59. The molecule has 1 saturated heterocycles. The van der Waals surface area contributed by atoms with Crippen LogP contribution >= 0.6 is 0 Å². The summed E-state index contributed by atoms with van der Waals surface area (Å²) in [4.78, 5) is 20.8. The smallest absolute Gasteiger partial charge is 0.164 e. The van der Waals surface area contributed by atoms with E-state index in [-0.39, 0.29) is 6.04 Å². The van der Waals surface area contributed by atoms with Crippen LogP contribution in [0.25, 0.3) is 22.3 Å². The zero-order valence-corrected chi connectivity index (χ0v) is 22.0. The topological polar surface area (TPSA) is 119 Å². The number of carbonyl (C=O) groups is 1. The van der Waals surface area contributed by atoms with Crippen molar-refractivity contribution in [2.45, 2.75) is 51.2 Å². The van der Waals surface area contributed by atoms with E-state index in [9.17, 15) is 4.79 Å². The van der Waals surface area contributed by atoms with Crippen LogP contribution in [-0.2, 0) is 4.79 Å². The Morgan fingerprint density at radius 3 is 2.55 bits per heavy atom. The van der Waals surface area contributed by atoms with Crippen molar-refractivity contribution in [3.63, 3.8) is 0 Å². The lowest BCUT2D eigenvalue weighted by atomic mass is 10.1. The lowest BCUT2D eigenvalue weighted by molar-refractivity contribution is -0.115. The first-order chi connectivity index (χ1) is 18.5. The molecule has 0 amide bonds. The number of ether oxygens (including phenoxy) is 1. The quantitative estimate of drug-likeness (QED) is 0.318. The second-order valence-electron chi connectivity index (χ2n) is 9.59. The van der Waals surface area contributed by atoms with Crippen LogP contribution in [0.4, 0.5) is 5.82 Å². The van der Waals surface area contributed by atoms with Gasteiger partial charge in [-0.1, -0.05) is 38.0 Å². The maximum absolute atomic E-state index is 9.76. The Hall–Kier alpha value is -3.82. The molecule has 2 aromatic carbocycles. The van der Waals surface area contributed by atoms with Gasteiger partial charge in [0.15, 0.2) is 5.65 Å². The van der Waals surface area contributed by atoms with Gasteiger partial charge in [-0.2, -0.15) is 5.10 Å². The third-order valence-electron chi connectivity index (χ3n) is 6.58. The Labute approximate surface area is 223 Å². The molecule has 200 valence electrons. The maximum Gasteiger partial charge on any atom is 0.164 e. The summed E-state index contributed by atoms with van der Waals surface area (Å²) in [5.74, 6) is 2.03. The molecular weight excluding hydrogens is 480 g/mol. The van der Waals surface area contributed by atoms with Crippen LogP contribution in [0.5, 0.6) is 11.5 Å². The summed E-state index contributed by atoms with van der Waals surface area (Å²) < 4.78 is 7.95. The number of nitrogens with two attached hydrogens (primary N) is 1. The number of likely N-dealkylation sites (tertiary alicyclic amines) is 1. The summed E-state index contributed by atoms with van der Waals surface area (Å²) in [6, 6.07) is 17.9. The number of aliphatic hydroxyl groups is 1. The third kappa shape index (κ3) is 6.73. The van der Waals surface area contributed by atoms with Crippen molar-refractivity contribution in [2.75, 3.05) is 25.9 Å². The fourth-order valence-electron chi connectivity index (χ4n) is 4.58. The van der Waals surface area contributed by atoms with E-state index < -0.39 is 6.10 Å². The van der Waals surface area contributed by atoms with Crippen LogP contribution in [0.15, 0.2) is 60.9 Å². The summed E-state index contributed by atoms with van der Waals surface area (Å²) in [6.45, 7) is 4.09. The Morgan fingerprint density at radius 1 is 1.13 bits per heavy atom. The predicted octanol–water partition coefficient (Wildman–Crippen LogP) is 4.87. The highest BCUT2D eigenvalue weighted by Crippen LogP contribution is 2.34. The van der Waals surface area contributed by atoms with Crippen LogP contribution < -0.4 is 10.5 Å². The number of carbonyl (C=O) groups excluding carboxylic acids is 1. The molecule has 3 N–H and O–H groups in total. The van der Waals surface area contributed by atoms with Gasteiger partial charge in [-0.05, 0) is 69.3 Å². The fraction of sp³-hybridized carbons (Fsp3) is 0.379. The number of anilines is 1. The zero-order chi connectivity index (χ0) is 26.9. The van der Waals surface area contributed by atoms with Crippen molar-refractivity contribution in [3.05, 3.63) is 60.9 Å². The van der Waals surface area contributed by atoms with Gasteiger partial charge >= 0.3 is 0 Å². The van der Waals surface area contributed by atoms with E-state index >= 15 is 0 Å². The molecule has 0 bridgehead atoms. The number of fused-ring (bicyclic) bond motifs is 1. The number of piperidine rings is 1. The summed E-state index contributed by atoms with van der Waals surface area (Å²) in [7, 11) is 2.15. The fourth-order valence-corrected chi connectivity index (χ4v) is 4.58. The number of nitrogen functional groups attached to an aromatic ring is 1. The molecule has 3 heterocycles. The van der Waals surface area contributed by atoms with Crippen molar-refractivity contribution in [1.82, 2.24) is 24.6 Å². The van der Waals surface area contributed by atoms with Crippen molar-refractivity contribution >= 4 is 23.1 Å². The first-order valence-corrected chi connectivity index (χ1v) is 13.1. The Kier molecular flexibility index (Phi) is 9.40. The van der Waals surface area contributed by atoms with E-state index in [0.29, 0.717) is 18.5 Å². The first-order valence-electron chi connectivity index (χ1n) is 13.1. The average molecular weight is 517 g/mol. The molecule has 9 heteroatoms. The summed E-state index contributed by atoms with van der Waals surface area (Å²) >= 11 is 0. The molecule has 0 radical (unpaired) electrons. The molecule has 0 spiro atoms. The van der Waals surface area contributed by atoms with E-state index in [0.717, 1.165) is 72.6 Å². The van der Waals surface area contributed by atoms with Gasteiger partial charge in [-0.15, -0.1) is 0 Å². The number of para-hydroxylation sites is 1. The monoisotopic (exact) mass is 516 g/mol. The van der Waals surface area contributed by atoms with E-state index in [1.165, 1.54) is 6.33 Å². The van der Waals surface area contributed by atoms with Gasteiger partial charge in [0.2, 0.25) is 0 Å². The molecule has 5 rings (SSSR count). The Bertz CT molecular complexity index is 1310. The lowest BCUT2D eigenvalue weighted by Crippen LogP contribution is -2.34. The number of benzene rings is 2. The van der Waals surface area contributed by atoms with Gasteiger partial charge in [-0.25, -0.2) is 14.6 Å². The standard InChI is InChI=1S/C23H24N6O.C6H12O2/c1-28-13-5-6-17(14-28)29-23-20(22(24)25-15-26-23)21(27-29)16-9-11-19(12-10-16)30-18-7-3-2-4-8-18;1-2-3-4-6(8)5-7/h2-4,7-12,15,17H,5-6,13-14H2,1H3,(H2,24,25,26);5-6,8H,2-4H2,1H3. The van der Waals surface area contributed by atoms with Crippen molar-refractivity contribution in [3.8, 4) is 22.8 Å². The molecule has 4 aromatic rings. The highest BCUT2D eigenvalue weighted by Gasteiger charge is 2.25. The average Bonchev–Trinajstić information content (AvgIpc) is 3.34.